The SMILES string of the molecule is O=C(NCc1ccccc1CN1CCCC1=O)C1CCCN(Cc2nc(-c3ccc(Cl)cc3Cl)no2)C1. The van der Waals surface area contributed by atoms with Crippen LogP contribution in [0.1, 0.15) is 42.7 Å². The van der Waals surface area contributed by atoms with Crippen molar-refractivity contribution in [3.05, 3.63) is 69.5 Å². The van der Waals surface area contributed by atoms with Crippen molar-refractivity contribution in [2.75, 3.05) is 19.6 Å². The Labute approximate surface area is 225 Å². The van der Waals surface area contributed by atoms with Crippen LogP contribution in [0, 0.1) is 5.92 Å². The molecule has 2 saturated heterocycles. The number of nitrogens with one attached hydrogen (secondary N) is 1. The first-order valence-electron chi connectivity index (χ1n) is 12.6. The number of nitrogens with zero attached hydrogens (tertiary/aromatic N) is 4. The highest BCUT2D eigenvalue weighted by Gasteiger charge is 2.27. The zero-order valence-electron chi connectivity index (χ0n) is 20.5. The molecule has 1 N–H and O–H groups in total. The molecule has 0 saturated carbocycles. The number of amides is 2. The van der Waals surface area contributed by atoms with Gasteiger partial charge in [0.05, 0.1) is 17.5 Å². The predicted octanol–water partition coefficient (Wildman–Crippen LogP) is 4.69. The van der Waals surface area contributed by atoms with Gasteiger partial charge in [0.2, 0.25) is 23.5 Å². The molecule has 194 valence electrons. The normalized spacial score (nSPS) is 18.4. The van der Waals surface area contributed by atoms with Gasteiger partial charge in [-0.25, -0.2) is 0 Å². The summed E-state index contributed by atoms with van der Waals surface area (Å²) in [4.78, 5) is 33.7. The Morgan fingerprint density at radius 2 is 1.92 bits per heavy atom. The van der Waals surface area contributed by atoms with Crippen molar-refractivity contribution in [1.82, 2.24) is 25.3 Å². The fourth-order valence-corrected chi connectivity index (χ4v) is 5.48. The van der Waals surface area contributed by atoms with E-state index in [0.717, 1.165) is 43.5 Å². The second kappa shape index (κ2) is 11.6. The molecule has 8 nitrogen and oxygen atoms in total. The highest BCUT2D eigenvalue weighted by molar-refractivity contribution is 6.36. The monoisotopic (exact) mass is 541 g/mol. The average molecular weight is 542 g/mol. The maximum Gasteiger partial charge on any atom is 0.241 e. The number of likely N-dealkylation sites (tertiary alicyclic amines) is 2. The van der Waals surface area contributed by atoms with Gasteiger partial charge in [-0.05, 0) is 55.1 Å². The lowest BCUT2D eigenvalue weighted by atomic mass is 9.97. The summed E-state index contributed by atoms with van der Waals surface area (Å²) in [7, 11) is 0. The van der Waals surface area contributed by atoms with Crippen molar-refractivity contribution in [2.24, 2.45) is 5.92 Å². The predicted molar refractivity (Wildman–Crippen MR) is 141 cm³/mol. The molecule has 2 aromatic carbocycles. The van der Waals surface area contributed by atoms with Crippen molar-refractivity contribution in [2.45, 2.75) is 45.3 Å². The van der Waals surface area contributed by atoms with Gasteiger partial charge >= 0.3 is 0 Å². The van der Waals surface area contributed by atoms with E-state index >= 15 is 0 Å². The largest absolute Gasteiger partial charge is 0.352 e. The van der Waals surface area contributed by atoms with Gasteiger partial charge in [0.15, 0.2) is 0 Å². The van der Waals surface area contributed by atoms with E-state index in [2.05, 4.69) is 20.4 Å². The Kier molecular flexibility index (Phi) is 8.08. The zero-order valence-corrected chi connectivity index (χ0v) is 22.0. The van der Waals surface area contributed by atoms with Crippen LogP contribution in [0.5, 0.6) is 0 Å². The van der Waals surface area contributed by atoms with Gasteiger partial charge in [-0.2, -0.15) is 4.98 Å². The minimum absolute atomic E-state index is 0.0379. The van der Waals surface area contributed by atoms with E-state index < -0.39 is 0 Å². The maximum atomic E-state index is 13.1. The van der Waals surface area contributed by atoms with Crippen LogP contribution in [0.25, 0.3) is 11.4 Å². The van der Waals surface area contributed by atoms with Gasteiger partial charge in [0.1, 0.15) is 0 Å². The van der Waals surface area contributed by atoms with E-state index in [1.165, 1.54) is 0 Å². The topological polar surface area (TPSA) is 91.6 Å². The van der Waals surface area contributed by atoms with E-state index in [4.69, 9.17) is 27.7 Å². The number of carbonyl (C=O) groups is 2. The minimum Gasteiger partial charge on any atom is -0.352 e. The summed E-state index contributed by atoms with van der Waals surface area (Å²) >= 11 is 12.3. The van der Waals surface area contributed by atoms with Crippen LogP contribution in [0.3, 0.4) is 0 Å². The molecule has 5 rings (SSSR count). The molecule has 0 bridgehead atoms. The van der Waals surface area contributed by atoms with Crippen LogP contribution in [0.4, 0.5) is 0 Å². The van der Waals surface area contributed by atoms with Gasteiger partial charge in [0.25, 0.3) is 0 Å². The third-order valence-corrected chi connectivity index (χ3v) is 7.53. The van der Waals surface area contributed by atoms with E-state index in [0.29, 0.717) is 59.9 Å². The van der Waals surface area contributed by atoms with Crippen LogP contribution < -0.4 is 5.32 Å². The molecule has 2 amide bonds. The molecule has 1 unspecified atom stereocenters. The zero-order chi connectivity index (χ0) is 25.8. The second-order valence-corrected chi connectivity index (χ2v) is 10.5. The van der Waals surface area contributed by atoms with Crippen LogP contribution in [-0.2, 0) is 29.2 Å². The van der Waals surface area contributed by atoms with Crippen LogP contribution in [-0.4, -0.2) is 51.4 Å². The Bertz CT molecular complexity index is 1280. The lowest BCUT2D eigenvalue weighted by Gasteiger charge is -2.31. The van der Waals surface area contributed by atoms with Gasteiger partial charge in [-0.1, -0.05) is 52.6 Å². The first-order valence-corrected chi connectivity index (χ1v) is 13.3. The molecule has 3 heterocycles. The summed E-state index contributed by atoms with van der Waals surface area (Å²) in [6.07, 6.45) is 3.28. The maximum absolute atomic E-state index is 13.1. The fourth-order valence-electron chi connectivity index (χ4n) is 4.99. The number of halogens is 2. The molecule has 0 spiro atoms. The van der Waals surface area contributed by atoms with Crippen molar-refractivity contribution >= 4 is 35.0 Å². The third kappa shape index (κ3) is 6.32. The summed E-state index contributed by atoms with van der Waals surface area (Å²) in [6.45, 7) is 3.78. The first-order chi connectivity index (χ1) is 18.0. The molecule has 2 aliphatic heterocycles. The number of carbonyl (C=O) groups excluding carboxylic acids is 2. The molecule has 0 aliphatic carbocycles. The van der Waals surface area contributed by atoms with Crippen molar-refractivity contribution in [1.29, 1.82) is 0 Å². The fraction of sp³-hybridized carbons (Fsp3) is 0.407. The average Bonchev–Trinajstić information content (AvgIpc) is 3.52. The molecular formula is C27H29Cl2N5O3. The number of hydrogen-bond acceptors (Lipinski definition) is 6. The highest BCUT2D eigenvalue weighted by atomic mass is 35.5. The van der Waals surface area contributed by atoms with Crippen LogP contribution in [0.15, 0.2) is 47.0 Å². The molecular weight excluding hydrogens is 513 g/mol. The van der Waals surface area contributed by atoms with Crippen molar-refractivity contribution in [3.8, 4) is 11.4 Å². The number of piperidine rings is 1. The number of hydrogen-bond donors (Lipinski definition) is 1. The molecule has 10 heteroatoms. The Balaban J connectivity index is 1.16. The second-order valence-electron chi connectivity index (χ2n) is 9.62. The first kappa shape index (κ1) is 25.7. The van der Waals surface area contributed by atoms with Crippen molar-refractivity contribution in [3.63, 3.8) is 0 Å². The summed E-state index contributed by atoms with van der Waals surface area (Å²) < 4.78 is 5.46. The summed E-state index contributed by atoms with van der Waals surface area (Å²) in [5, 5.41) is 8.19. The Morgan fingerprint density at radius 3 is 2.70 bits per heavy atom. The van der Waals surface area contributed by atoms with Crippen LogP contribution in [0.2, 0.25) is 10.0 Å². The van der Waals surface area contributed by atoms with E-state index in [-0.39, 0.29) is 17.7 Å². The molecule has 3 aromatic rings. The minimum atomic E-state index is -0.117. The summed E-state index contributed by atoms with van der Waals surface area (Å²) in [5.41, 5.74) is 2.78. The number of aromatic nitrogens is 2. The number of benzene rings is 2. The third-order valence-electron chi connectivity index (χ3n) is 6.98. The van der Waals surface area contributed by atoms with Crippen molar-refractivity contribution < 1.29 is 14.1 Å². The van der Waals surface area contributed by atoms with Gasteiger partial charge in [-0.15, -0.1) is 0 Å². The molecule has 1 atom stereocenters. The van der Waals surface area contributed by atoms with Gasteiger partial charge in [0, 0.05) is 43.2 Å². The van der Waals surface area contributed by atoms with Gasteiger partial charge < -0.3 is 14.7 Å². The summed E-state index contributed by atoms with van der Waals surface area (Å²) in [5.74, 6) is 1.01. The highest BCUT2D eigenvalue weighted by Crippen LogP contribution is 2.29. The van der Waals surface area contributed by atoms with E-state index in [1.54, 1.807) is 18.2 Å². The Hall–Kier alpha value is -2.94. The number of rotatable bonds is 8. The molecule has 37 heavy (non-hydrogen) atoms. The van der Waals surface area contributed by atoms with E-state index in [1.807, 2.05) is 29.2 Å². The quantitative estimate of drug-likeness (QED) is 0.444. The summed E-state index contributed by atoms with van der Waals surface area (Å²) in [6, 6.07) is 13.1. The standard InChI is InChI=1S/C27H29Cl2N5O3/c28-21-9-10-22(23(29)13-21)26-31-24(37-32-26)17-33-11-3-7-20(15-33)27(36)30-14-18-5-1-2-6-19(18)16-34-12-4-8-25(34)35/h1-2,5-6,9-10,13,20H,3-4,7-8,11-12,14-17H2,(H,30,36). The molecule has 2 aliphatic rings. The van der Waals surface area contributed by atoms with E-state index in [9.17, 15) is 9.59 Å². The van der Waals surface area contributed by atoms with Crippen LogP contribution >= 0.6 is 23.2 Å². The lowest BCUT2D eigenvalue weighted by Crippen LogP contribution is -2.42. The van der Waals surface area contributed by atoms with Gasteiger partial charge in [-0.3, -0.25) is 14.5 Å². The molecule has 2 fully saturated rings. The smallest absolute Gasteiger partial charge is 0.241 e. The molecule has 0 radical (unpaired) electrons. The Morgan fingerprint density at radius 1 is 1.08 bits per heavy atom. The molecule has 1 aromatic heterocycles. The lowest BCUT2D eigenvalue weighted by molar-refractivity contribution is -0.128.